The van der Waals surface area contributed by atoms with Crippen molar-refractivity contribution in [1.29, 1.82) is 0 Å². The molecule has 1 amide bonds. The molecule has 1 rings (SSSR count). The summed E-state index contributed by atoms with van der Waals surface area (Å²) in [4.78, 5) is 14.8. The molecule has 12 heavy (non-hydrogen) atoms. The van der Waals surface area contributed by atoms with E-state index in [0.717, 1.165) is 0 Å². The van der Waals surface area contributed by atoms with E-state index in [-0.39, 0.29) is 17.4 Å². The van der Waals surface area contributed by atoms with Gasteiger partial charge in [0.1, 0.15) is 0 Å². The second-order valence-electron chi connectivity index (χ2n) is 3.41. The number of nitrogens with one attached hydrogen (secondary N) is 1. The van der Waals surface area contributed by atoms with Gasteiger partial charge in [0.15, 0.2) is 0 Å². The van der Waals surface area contributed by atoms with Crippen LogP contribution in [0.1, 0.15) is 13.8 Å². The molecule has 0 aromatic rings. The molecule has 1 aliphatic rings. The molecular weight excluding hydrogens is 155 g/mol. The Labute approximate surface area is 71.7 Å². The fourth-order valence-electron chi connectivity index (χ4n) is 1.26. The van der Waals surface area contributed by atoms with Crippen molar-refractivity contribution in [3.05, 3.63) is 0 Å². The number of hydrogen-bond donors (Lipinski definition) is 1. The first-order valence-electron chi connectivity index (χ1n) is 3.83. The van der Waals surface area contributed by atoms with Crippen LogP contribution in [0.2, 0.25) is 0 Å². The molecular formula is C7H11BN2O2. The molecule has 4 nitrogen and oxygen atoms in total. The zero-order valence-electron chi connectivity index (χ0n) is 7.20. The molecule has 1 atom stereocenters. The van der Waals surface area contributed by atoms with Crippen LogP contribution < -0.4 is 5.32 Å². The van der Waals surface area contributed by atoms with Crippen molar-refractivity contribution in [3.8, 4) is 0 Å². The number of amides is 1. The Morgan fingerprint density at radius 3 is 2.83 bits per heavy atom. The molecule has 0 radical (unpaired) electrons. The van der Waals surface area contributed by atoms with Crippen LogP contribution in [0, 0.1) is 5.92 Å². The molecule has 1 saturated heterocycles. The number of carbonyl (C=O) groups excluding carboxylic acids is 1. The van der Waals surface area contributed by atoms with E-state index in [9.17, 15) is 9.50 Å². The third-order valence-electron chi connectivity index (χ3n) is 2.09. The van der Waals surface area contributed by atoms with Crippen LogP contribution in [0.4, 0.5) is 0 Å². The van der Waals surface area contributed by atoms with Crippen LogP contribution in [-0.2, 0) is 9.50 Å². The third kappa shape index (κ3) is 1.60. The summed E-state index contributed by atoms with van der Waals surface area (Å²) in [5, 5.41) is 2.76. The van der Waals surface area contributed by atoms with Gasteiger partial charge < -0.3 is 0 Å². The molecule has 0 saturated carbocycles. The molecule has 1 N–H and O–H groups in total. The number of β-lactam (4-membered cyclic amide) rings is 1. The predicted molar refractivity (Wildman–Crippen MR) is 45.5 cm³/mol. The van der Waals surface area contributed by atoms with E-state index in [0.29, 0.717) is 13.7 Å². The average molecular weight is 166 g/mol. The van der Waals surface area contributed by atoms with E-state index in [2.05, 4.69) is 10.3 Å². The van der Waals surface area contributed by atoms with Crippen LogP contribution in [0.25, 0.3) is 0 Å². The minimum absolute atomic E-state index is 0.0167. The molecule has 0 bridgehead atoms. The summed E-state index contributed by atoms with van der Waals surface area (Å²) in [6, 6.07) is 0. The molecule has 1 aliphatic heterocycles. The molecule has 0 spiro atoms. The van der Waals surface area contributed by atoms with E-state index < -0.39 is 0 Å². The summed E-state index contributed by atoms with van der Waals surface area (Å²) in [5.41, 5.74) is -0.169. The number of rotatable bonds is 3. The van der Waals surface area contributed by atoms with Gasteiger partial charge >= 0.3 is 70.8 Å². The van der Waals surface area contributed by atoms with E-state index >= 15 is 0 Å². The van der Waals surface area contributed by atoms with Gasteiger partial charge in [0.25, 0.3) is 0 Å². The Morgan fingerprint density at radius 2 is 2.42 bits per heavy atom. The number of aliphatic imine (C=N–C) groups is 1. The molecule has 5 heteroatoms. The number of carbonyl (C=O) groups is 1. The van der Waals surface area contributed by atoms with Crippen LogP contribution >= 0.6 is 0 Å². The van der Waals surface area contributed by atoms with Crippen LogP contribution in [0.15, 0.2) is 4.99 Å². The summed E-state index contributed by atoms with van der Waals surface area (Å²) in [7, 11) is 0.615. The quantitative estimate of drug-likeness (QED) is 0.352. The monoisotopic (exact) mass is 166 g/mol. The molecule has 64 valence electrons. The second kappa shape index (κ2) is 3.17. The van der Waals surface area contributed by atoms with Gasteiger partial charge in [-0.2, -0.15) is 0 Å². The summed E-state index contributed by atoms with van der Waals surface area (Å²) in [6.45, 7) is 4.28. The zero-order chi connectivity index (χ0) is 9.19. The van der Waals surface area contributed by atoms with Gasteiger partial charge in [-0.3, -0.25) is 0 Å². The second-order valence-corrected chi connectivity index (χ2v) is 3.41. The van der Waals surface area contributed by atoms with E-state index in [1.54, 1.807) is 0 Å². The Morgan fingerprint density at radius 1 is 1.75 bits per heavy atom. The molecule has 0 aromatic carbocycles. The first kappa shape index (κ1) is 9.10. The van der Waals surface area contributed by atoms with Gasteiger partial charge in [-0.05, 0) is 0 Å². The molecule has 1 fully saturated rings. The van der Waals surface area contributed by atoms with Gasteiger partial charge in [-0.25, -0.2) is 0 Å². The average Bonchev–Trinajstić information content (AvgIpc) is 1.97. The van der Waals surface area contributed by atoms with Crippen molar-refractivity contribution in [3.63, 3.8) is 0 Å². The Bertz CT molecular complexity index is 238. The normalized spacial score (nSPS) is 26.2. The zero-order valence-corrected chi connectivity index (χ0v) is 7.20. The minimum atomic E-state index is -0.169. The first-order chi connectivity index (χ1) is 5.58. The van der Waals surface area contributed by atoms with E-state index in [1.165, 1.54) is 6.11 Å². The van der Waals surface area contributed by atoms with Crippen molar-refractivity contribution < 1.29 is 9.50 Å². The molecule has 1 heterocycles. The molecule has 0 unspecified atom stereocenters. The van der Waals surface area contributed by atoms with Crippen molar-refractivity contribution in [1.82, 2.24) is 5.32 Å². The fraction of sp³-hybridized carbons (Fsp3) is 0.714. The van der Waals surface area contributed by atoms with Crippen molar-refractivity contribution >= 4 is 19.2 Å². The number of hydrogen-bond acceptors (Lipinski definition) is 3. The van der Waals surface area contributed by atoms with Crippen LogP contribution in [0.5, 0.6) is 0 Å². The predicted octanol–water partition coefficient (Wildman–Crippen LogP) is -0.411. The van der Waals surface area contributed by atoms with Gasteiger partial charge in [0, 0.05) is 0 Å². The Kier molecular flexibility index (Phi) is 2.40. The SMILES string of the molecule is CC1(C)NC(=O)[C@@H]1CN=CB=O. The van der Waals surface area contributed by atoms with Crippen molar-refractivity contribution in [2.45, 2.75) is 19.4 Å². The number of nitrogens with zero attached hydrogens (tertiary/aromatic N) is 1. The Balaban J connectivity index is 2.46. The van der Waals surface area contributed by atoms with E-state index in [1.807, 2.05) is 13.8 Å². The van der Waals surface area contributed by atoms with Gasteiger partial charge in [0.05, 0.1) is 0 Å². The fourth-order valence-corrected chi connectivity index (χ4v) is 1.26. The van der Waals surface area contributed by atoms with Crippen LogP contribution in [-0.4, -0.2) is 31.3 Å². The van der Waals surface area contributed by atoms with Gasteiger partial charge in [-0.1, -0.05) is 0 Å². The standard InChI is InChI=1S/C7H11BN2O2/c1-7(2)5(6(11)10-7)3-9-4-8-12/h4-5H,3H2,1-2H3,(H,10,11)/t5-/m0/s1. The summed E-state index contributed by atoms with van der Waals surface area (Å²) >= 11 is 0. The molecule has 0 aliphatic carbocycles. The van der Waals surface area contributed by atoms with Crippen LogP contribution in [0.3, 0.4) is 0 Å². The van der Waals surface area contributed by atoms with E-state index in [4.69, 9.17) is 0 Å². The van der Waals surface area contributed by atoms with Gasteiger partial charge in [-0.15, -0.1) is 0 Å². The summed E-state index contributed by atoms with van der Waals surface area (Å²) < 4.78 is 9.89. The Hall–Kier alpha value is -0.995. The summed E-state index contributed by atoms with van der Waals surface area (Å²) in [5.74, 6) is -0.0725. The first-order valence-corrected chi connectivity index (χ1v) is 3.83. The van der Waals surface area contributed by atoms with Crippen molar-refractivity contribution in [2.24, 2.45) is 10.9 Å². The van der Waals surface area contributed by atoms with Gasteiger partial charge in [0.2, 0.25) is 0 Å². The third-order valence-corrected chi connectivity index (χ3v) is 2.09. The molecule has 0 aromatic heterocycles. The van der Waals surface area contributed by atoms with Crippen molar-refractivity contribution in [2.75, 3.05) is 6.54 Å². The summed E-state index contributed by atoms with van der Waals surface area (Å²) in [6.07, 6.45) is 1.18. The maximum absolute atomic E-state index is 11.0. The maximum atomic E-state index is 11.0. The topological polar surface area (TPSA) is 58.5 Å².